The number of phenols is 1. The molecule has 0 aliphatic rings. The van der Waals surface area contributed by atoms with Crippen molar-refractivity contribution in [1.29, 1.82) is 0 Å². The largest absolute Gasteiger partial charge is 0.508 e. The highest BCUT2D eigenvalue weighted by molar-refractivity contribution is 6.22. The summed E-state index contributed by atoms with van der Waals surface area (Å²) in [5.74, 6) is -0.731. The first-order valence-corrected chi connectivity index (χ1v) is 8.09. The zero-order valence-electron chi connectivity index (χ0n) is 14.4. The summed E-state index contributed by atoms with van der Waals surface area (Å²) in [6, 6.07) is 7.10. The van der Waals surface area contributed by atoms with Crippen LogP contribution in [-0.4, -0.2) is 26.2 Å². The monoisotopic (exact) mass is 336 g/mol. The molecular weight excluding hydrogens is 316 g/mol. The Morgan fingerprint density at radius 1 is 1.32 bits per heavy atom. The van der Waals surface area contributed by atoms with E-state index in [9.17, 15) is 15.0 Å². The molecule has 2 aromatic heterocycles. The number of carbonyl (C=O) groups is 1. The van der Waals surface area contributed by atoms with Crippen LogP contribution in [0.4, 0.5) is 0 Å². The number of aromatic amines is 1. The molecule has 0 amide bonds. The number of aromatic nitrogens is 2. The van der Waals surface area contributed by atoms with Crippen LogP contribution in [0, 0.1) is 6.92 Å². The number of pyridine rings is 1. The summed E-state index contributed by atoms with van der Waals surface area (Å²) in [7, 11) is 0. The van der Waals surface area contributed by atoms with E-state index in [0.29, 0.717) is 16.8 Å². The van der Waals surface area contributed by atoms with Crippen LogP contribution in [-0.2, 0) is 4.79 Å². The molecule has 0 unspecified atom stereocenters. The Morgan fingerprint density at radius 3 is 2.76 bits per heavy atom. The number of carboxylic acid groups (broad SMARTS) is 1. The van der Waals surface area contributed by atoms with Crippen molar-refractivity contribution in [3.8, 4) is 5.75 Å². The first-order valence-electron chi connectivity index (χ1n) is 8.09. The number of nitrogens with one attached hydrogen (secondary N) is 1. The van der Waals surface area contributed by atoms with E-state index in [1.165, 1.54) is 0 Å². The fraction of sp³-hybridized carbons (Fsp3) is 0.200. The number of nitrogens with zero attached hydrogens (tertiary/aromatic N) is 1. The topological polar surface area (TPSA) is 86.2 Å². The second-order valence-corrected chi connectivity index (χ2v) is 6.39. The highest BCUT2D eigenvalue weighted by Crippen LogP contribution is 2.33. The summed E-state index contributed by atoms with van der Waals surface area (Å²) in [5.41, 5.74) is 3.71. The van der Waals surface area contributed by atoms with E-state index < -0.39 is 5.97 Å². The first-order chi connectivity index (χ1) is 11.9. The molecule has 0 spiro atoms. The van der Waals surface area contributed by atoms with Gasteiger partial charge in [0.15, 0.2) is 0 Å². The van der Waals surface area contributed by atoms with Crippen LogP contribution in [0.15, 0.2) is 36.7 Å². The predicted octanol–water partition coefficient (Wildman–Crippen LogP) is 4.33. The number of aliphatic carboxylic acids is 1. The van der Waals surface area contributed by atoms with Gasteiger partial charge in [0.2, 0.25) is 0 Å². The van der Waals surface area contributed by atoms with Gasteiger partial charge in [0.25, 0.3) is 0 Å². The molecule has 5 heteroatoms. The maximum absolute atomic E-state index is 11.9. The lowest BCUT2D eigenvalue weighted by Crippen LogP contribution is -2.03. The molecule has 0 aliphatic carbocycles. The van der Waals surface area contributed by atoms with Gasteiger partial charge in [-0.15, -0.1) is 0 Å². The maximum atomic E-state index is 11.9. The number of phenolic OH excluding ortho intramolecular Hbond substituents is 1. The smallest absolute Gasteiger partial charge is 0.336 e. The molecule has 0 aliphatic heterocycles. The van der Waals surface area contributed by atoms with Gasteiger partial charge >= 0.3 is 5.97 Å². The Morgan fingerprint density at radius 2 is 2.08 bits per heavy atom. The minimum atomic E-state index is -1.01. The standard InChI is InChI=1S/C20H20N2O3/c1-11(2)15-9-16(12(3)7-18(15)23)17(20(24)25)8-13-10-22-19-14(13)5-4-6-21-19/h4-11,23H,1-3H3,(H,21,22)(H,24,25)/b17-8-. The number of hydrogen-bond donors (Lipinski definition) is 3. The zero-order valence-corrected chi connectivity index (χ0v) is 14.4. The van der Waals surface area contributed by atoms with Gasteiger partial charge in [0, 0.05) is 23.3 Å². The number of carboxylic acids is 1. The third kappa shape index (κ3) is 3.13. The molecule has 0 bridgehead atoms. The van der Waals surface area contributed by atoms with Gasteiger partial charge in [-0.1, -0.05) is 13.8 Å². The van der Waals surface area contributed by atoms with Crippen molar-refractivity contribution < 1.29 is 15.0 Å². The Bertz CT molecular complexity index is 984. The van der Waals surface area contributed by atoms with Crippen molar-refractivity contribution in [2.75, 3.05) is 0 Å². The second-order valence-electron chi connectivity index (χ2n) is 6.39. The van der Waals surface area contributed by atoms with Gasteiger partial charge in [-0.3, -0.25) is 0 Å². The van der Waals surface area contributed by atoms with Crippen molar-refractivity contribution in [1.82, 2.24) is 9.97 Å². The Kier molecular flexibility index (Phi) is 4.31. The van der Waals surface area contributed by atoms with Gasteiger partial charge in [-0.05, 0) is 59.9 Å². The fourth-order valence-corrected chi connectivity index (χ4v) is 2.97. The molecule has 3 N–H and O–H groups in total. The lowest BCUT2D eigenvalue weighted by Gasteiger charge is -2.14. The Labute approximate surface area is 145 Å². The van der Waals surface area contributed by atoms with Crippen molar-refractivity contribution in [2.24, 2.45) is 0 Å². The number of hydrogen-bond acceptors (Lipinski definition) is 3. The van der Waals surface area contributed by atoms with Crippen LogP contribution in [0.5, 0.6) is 5.75 Å². The van der Waals surface area contributed by atoms with Crippen LogP contribution >= 0.6 is 0 Å². The molecule has 128 valence electrons. The van der Waals surface area contributed by atoms with Crippen molar-refractivity contribution in [3.05, 3.63) is 58.9 Å². The first kappa shape index (κ1) is 16.8. The summed E-state index contributed by atoms with van der Waals surface area (Å²) in [6.07, 6.45) is 5.08. The third-order valence-electron chi connectivity index (χ3n) is 4.30. The summed E-state index contributed by atoms with van der Waals surface area (Å²) >= 11 is 0. The number of aromatic hydroxyl groups is 1. The van der Waals surface area contributed by atoms with Crippen LogP contribution in [0.2, 0.25) is 0 Å². The lowest BCUT2D eigenvalue weighted by atomic mass is 9.92. The molecule has 0 fully saturated rings. The van der Waals surface area contributed by atoms with Gasteiger partial charge < -0.3 is 15.2 Å². The average molecular weight is 336 g/mol. The predicted molar refractivity (Wildman–Crippen MR) is 98.5 cm³/mol. The summed E-state index contributed by atoms with van der Waals surface area (Å²) in [5, 5.41) is 20.8. The van der Waals surface area contributed by atoms with Gasteiger partial charge in [-0.25, -0.2) is 9.78 Å². The van der Waals surface area contributed by atoms with Crippen LogP contribution in [0.3, 0.4) is 0 Å². The minimum absolute atomic E-state index is 0.0895. The lowest BCUT2D eigenvalue weighted by molar-refractivity contribution is -0.130. The summed E-state index contributed by atoms with van der Waals surface area (Å²) < 4.78 is 0. The normalized spacial score (nSPS) is 12.1. The fourth-order valence-electron chi connectivity index (χ4n) is 2.97. The van der Waals surface area contributed by atoms with E-state index in [-0.39, 0.29) is 17.2 Å². The molecule has 5 nitrogen and oxygen atoms in total. The molecule has 3 aromatic rings. The van der Waals surface area contributed by atoms with Crippen LogP contribution < -0.4 is 0 Å². The molecule has 0 radical (unpaired) electrons. The SMILES string of the molecule is Cc1cc(O)c(C(C)C)cc1/C(=C/c1c[nH]c2ncccc12)C(=O)O. The van der Waals surface area contributed by atoms with E-state index in [2.05, 4.69) is 9.97 Å². The zero-order chi connectivity index (χ0) is 18.1. The minimum Gasteiger partial charge on any atom is -0.508 e. The van der Waals surface area contributed by atoms with Crippen molar-refractivity contribution in [3.63, 3.8) is 0 Å². The van der Waals surface area contributed by atoms with Crippen molar-refractivity contribution in [2.45, 2.75) is 26.7 Å². The summed E-state index contributed by atoms with van der Waals surface area (Å²) in [4.78, 5) is 19.2. The molecule has 0 atom stereocenters. The van der Waals surface area contributed by atoms with Crippen LogP contribution in [0.1, 0.15) is 42.0 Å². The van der Waals surface area contributed by atoms with Crippen molar-refractivity contribution >= 4 is 28.7 Å². The van der Waals surface area contributed by atoms with Crippen LogP contribution in [0.25, 0.3) is 22.7 Å². The quantitative estimate of drug-likeness (QED) is 0.619. The van der Waals surface area contributed by atoms with E-state index in [1.807, 2.05) is 26.0 Å². The molecule has 0 saturated carbocycles. The number of benzene rings is 1. The number of aryl methyl sites for hydroxylation is 1. The third-order valence-corrected chi connectivity index (χ3v) is 4.30. The highest BCUT2D eigenvalue weighted by atomic mass is 16.4. The molecule has 25 heavy (non-hydrogen) atoms. The number of rotatable bonds is 4. The second kappa shape index (κ2) is 6.43. The van der Waals surface area contributed by atoms with E-state index in [1.54, 1.807) is 37.5 Å². The van der Waals surface area contributed by atoms with E-state index >= 15 is 0 Å². The van der Waals surface area contributed by atoms with Gasteiger partial charge in [0.05, 0.1) is 5.57 Å². The summed E-state index contributed by atoms with van der Waals surface area (Å²) in [6.45, 7) is 5.72. The number of H-pyrrole nitrogens is 1. The molecular formula is C20H20N2O3. The molecule has 0 saturated heterocycles. The maximum Gasteiger partial charge on any atom is 0.336 e. The van der Waals surface area contributed by atoms with Gasteiger partial charge in [-0.2, -0.15) is 0 Å². The Balaban J connectivity index is 2.20. The van der Waals surface area contributed by atoms with Gasteiger partial charge in [0.1, 0.15) is 11.4 Å². The highest BCUT2D eigenvalue weighted by Gasteiger charge is 2.18. The average Bonchev–Trinajstić information content (AvgIpc) is 2.96. The molecule has 1 aromatic carbocycles. The Hall–Kier alpha value is -3.08. The van der Waals surface area contributed by atoms with E-state index in [0.717, 1.165) is 16.5 Å². The molecule has 3 rings (SSSR count). The number of fused-ring (bicyclic) bond motifs is 1. The molecule has 2 heterocycles. The van der Waals surface area contributed by atoms with E-state index in [4.69, 9.17) is 0 Å².